The number of likely N-dealkylation sites (tertiary alicyclic amines) is 1. The van der Waals surface area contributed by atoms with Gasteiger partial charge in [-0.25, -0.2) is 13.1 Å². The standard InChI is InChI=1S/C54H66N8O9S/c1-34-6-4-5-7-40(34)43-14-19-53(3,65)33-60(43)38-29-54(30-38)20-23-59(24-21-54)37-8-10-41(45(27-37)61-44-16-25-70-32-48(44)71-51-47(61)26-36-15-22-55-49(36)57-51)50(63)58-72(68,69)39-9-11-42(46(28-39)62(66)67)56-31-35-12-17-52(2,64)18-13-35/h4-11,15,22,26-28,35,38,43-44,48,56,64-65H,12-14,16-21,23-25,29-33H2,1-3H3,(H,55,57)(H,58,63)/t35?,43-,44-,48-,52?,53+/m0/s1. The van der Waals surface area contributed by atoms with E-state index in [0.29, 0.717) is 74.5 Å². The molecule has 5 aromatic rings. The van der Waals surface area contributed by atoms with Crippen molar-refractivity contribution in [3.63, 3.8) is 0 Å². The van der Waals surface area contributed by atoms with Crippen LogP contribution in [0.5, 0.6) is 5.88 Å². The van der Waals surface area contributed by atoms with Crippen LogP contribution in [0.2, 0.25) is 0 Å². The number of nitro groups is 1. The maximum atomic E-state index is 14.7. The van der Waals surface area contributed by atoms with E-state index in [1.165, 1.54) is 23.3 Å². The first-order valence-corrected chi connectivity index (χ1v) is 27.2. The van der Waals surface area contributed by atoms with Crippen LogP contribution < -0.4 is 24.6 Å². The first-order valence-electron chi connectivity index (χ1n) is 25.7. The van der Waals surface area contributed by atoms with Gasteiger partial charge in [-0.15, -0.1) is 0 Å². The van der Waals surface area contributed by atoms with Crippen LogP contribution in [0.4, 0.5) is 28.4 Å². The molecule has 17 nitrogen and oxygen atoms in total. The van der Waals surface area contributed by atoms with E-state index in [1.807, 2.05) is 38.1 Å². The number of nitro benzene ring substituents is 1. The molecule has 3 aromatic carbocycles. The molecular weight excluding hydrogens is 937 g/mol. The van der Waals surface area contributed by atoms with Gasteiger partial charge in [-0.2, -0.15) is 4.98 Å². The van der Waals surface area contributed by atoms with Gasteiger partial charge in [-0.1, -0.05) is 24.3 Å². The summed E-state index contributed by atoms with van der Waals surface area (Å²) in [7, 11) is -4.63. The highest BCUT2D eigenvalue weighted by Crippen LogP contribution is 2.55. The highest BCUT2D eigenvalue weighted by atomic mass is 32.2. The number of nitrogens with zero attached hydrogens (tertiary/aromatic N) is 5. The molecule has 4 aliphatic heterocycles. The number of rotatable bonds is 11. The number of benzene rings is 3. The van der Waals surface area contributed by atoms with Crippen molar-refractivity contribution in [2.24, 2.45) is 11.3 Å². The molecule has 18 heteroatoms. The SMILES string of the molecule is Cc1ccccc1[C@@H]1CC[C@@](C)(O)CN1C1CC2(CCN(c3ccc(C(=O)NS(=O)(=O)c4ccc(NCC5CCC(C)(O)CC5)c([N+](=O)[O-])c4)c(N4c5cc6cc[nH]c6nc5O[C@H]5COCC[C@@H]54)c3)CC2)C1. The van der Waals surface area contributed by atoms with Gasteiger partial charge in [-0.3, -0.25) is 19.8 Å². The Labute approximate surface area is 420 Å². The van der Waals surface area contributed by atoms with Crippen LogP contribution in [0, 0.1) is 28.4 Å². The molecule has 382 valence electrons. The molecule has 1 spiro atoms. The fourth-order valence-electron chi connectivity index (χ4n) is 12.7. The first kappa shape index (κ1) is 48.5. The van der Waals surface area contributed by atoms with Gasteiger partial charge in [0.25, 0.3) is 21.6 Å². The first-order chi connectivity index (χ1) is 34.4. The number of anilines is 4. The Bertz CT molecular complexity index is 2990. The summed E-state index contributed by atoms with van der Waals surface area (Å²) in [6.45, 7) is 9.39. The average molecular weight is 1000 g/mol. The zero-order valence-electron chi connectivity index (χ0n) is 41.3. The Kier molecular flexibility index (Phi) is 12.5. The minimum atomic E-state index is -4.63. The number of sulfonamides is 1. The fraction of sp³-hybridized carbons (Fsp3) is 0.519. The number of fused-ring (bicyclic) bond motifs is 3. The molecule has 4 atom stereocenters. The van der Waals surface area contributed by atoms with Crippen LogP contribution in [-0.4, -0.2) is 113 Å². The molecule has 2 saturated carbocycles. The van der Waals surface area contributed by atoms with Crippen molar-refractivity contribution in [2.75, 3.05) is 54.5 Å². The van der Waals surface area contributed by atoms with Gasteiger partial charge in [0.2, 0.25) is 5.88 Å². The molecule has 0 unspecified atom stereocenters. The van der Waals surface area contributed by atoms with Crippen LogP contribution in [0.15, 0.2) is 83.9 Å². The monoisotopic (exact) mass is 1000 g/mol. The Morgan fingerprint density at radius 3 is 2.46 bits per heavy atom. The van der Waals surface area contributed by atoms with E-state index < -0.39 is 48.7 Å². The number of pyridine rings is 1. The molecule has 11 rings (SSSR count). The third-order valence-electron chi connectivity index (χ3n) is 17.0. The van der Waals surface area contributed by atoms with Crippen LogP contribution in [0.25, 0.3) is 11.0 Å². The number of piperidine rings is 2. The summed E-state index contributed by atoms with van der Waals surface area (Å²) in [4.78, 5) is 41.0. The quantitative estimate of drug-likeness (QED) is 0.0622. The number of ether oxygens (including phenoxy) is 2. The molecule has 0 radical (unpaired) electrons. The highest BCUT2D eigenvalue weighted by molar-refractivity contribution is 7.90. The highest BCUT2D eigenvalue weighted by Gasteiger charge is 2.51. The van der Waals surface area contributed by atoms with Crippen molar-refractivity contribution >= 4 is 55.4 Å². The number of aromatic amines is 1. The van der Waals surface area contributed by atoms with Crippen LogP contribution in [0.3, 0.4) is 0 Å². The normalized spacial score (nSPS) is 27.6. The number of hydrogen-bond donors (Lipinski definition) is 5. The molecule has 0 bridgehead atoms. The van der Waals surface area contributed by atoms with E-state index in [4.69, 9.17) is 14.5 Å². The number of aromatic nitrogens is 2. The number of aryl methyl sites for hydroxylation is 1. The second-order valence-corrected chi connectivity index (χ2v) is 23.9. The van der Waals surface area contributed by atoms with Crippen molar-refractivity contribution in [1.29, 1.82) is 0 Å². The van der Waals surface area contributed by atoms with Gasteiger partial charge in [0, 0.05) is 68.2 Å². The summed E-state index contributed by atoms with van der Waals surface area (Å²) >= 11 is 0. The topological polar surface area (TPSA) is 216 Å². The third kappa shape index (κ3) is 9.40. The lowest BCUT2D eigenvalue weighted by Crippen LogP contribution is -2.60. The number of hydrogen-bond acceptors (Lipinski definition) is 14. The summed E-state index contributed by atoms with van der Waals surface area (Å²) in [6, 6.07) is 22.1. The third-order valence-corrected chi connectivity index (χ3v) is 18.3. The van der Waals surface area contributed by atoms with E-state index >= 15 is 0 Å². The summed E-state index contributed by atoms with van der Waals surface area (Å²) < 4.78 is 43.0. The lowest BCUT2D eigenvalue weighted by molar-refractivity contribution is -0.384. The van der Waals surface area contributed by atoms with E-state index in [0.717, 1.165) is 81.6 Å². The van der Waals surface area contributed by atoms with Gasteiger partial charge in [0.15, 0.2) is 0 Å². The van der Waals surface area contributed by atoms with Crippen molar-refractivity contribution < 1.29 is 37.8 Å². The lowest BCUT2D eigenvalue weighted by atomic mass is 9.59. The summed E-state index contributed by atoms with van der Waals surface area (Å²) in [5.41, 5.74) is 3.88. The zero-order valence-corrected chi connectivity index (χ0v) is 42.1. The number of amides is 1. The molecule has 1 amide bonds. The average Bonchev–Trinajstić information content (AvgIpc) is 3.81. The maximum Gasteiger partial charge on any atom is 0.293 e. The van der Waals surface area contributed by atoms with Crippen LogP contribution in [-0.2, 0) is 14.8 Å². The zero-order chi connectivity index (χ0) is 50.2. The number of β-amino-alcohol motifs (C(OH)–C–C–N with tert-alkyl or cyclic N) is 1. The van der Waals surface area contributed by atoms with Gasteiger partial charge in [0.05, 0.1) is 44.9 Å². The molecule has 5 fully saturated rings. The summed E-state index contributed by atoms with van der Waals surface area (Å²) in [6.07, 6.45) is 10.5. The van der Waals surface area contributed by atoms with Crippen molar-refractivity contribution in [1.82, 2.24) is 19.6 Å². The minimum absolute atomic E-state index is 0.102. The molecule has 6 heterocycles. The smallest absolute Gasteiger partial charge is 0.293 e. The second-order valence-electron chi connectivity index (χ2n) is 22.2. The molecule has 2 aromatic heterocycles. The molecule has 6 aliphatic rings. The second kappa shape index (κ2) is 18.6. The molecule has 3 saturated heterocycles. The van der Waals surface area contributed by atoms with Crippen molar-refractivity contribution in [2.45, 2.75) is 132 Å². The predicted octanol–water partition coefficient (Wildman–Crippen LogP) is 8.28. The Morgan fingerprint density at radius 2 is 1.69 bits per heavy atom. The Morgan fingerprint density at radius 1 is 0.931 bits per heavy atom. The van der Waals surface area contributed by atoms with Gasteiger partial charge >= 0.3 is 0 Å². The lowest BCUT2D eigenvalue weighted by Gasteiger charge is -2.59. The van der Waals surface area contributed by atoms with Gasteiger partial charge in [0.1, 0.15) is 23.1 Å². The number of H-pyrrole nitrogens is 1. The molecule has 2 aliphatic carbocycles. The number of nitrogens with one attached hydrogen (secondary N) is 3. The van der Waals surface area contributed by atoms with Gasteiger partial charge < -0.3 is 39.8 Å². The summed E-state index contributed by atoms with van der Waals surface area (Å²) in [5, 5.41) is 38.0. The van der Waals surface area contributed by atoms with E-state index in [-0.39, 0.29) is 34.7 Å². The van der Waals surface area contributed by atoms with Crippen LogP contribution in [0.1, 0.15) is 112 Å². The fourth-order valence-corrected chi connectivity index (χ4v) is 13.7. The number of aliphatic hydroxyl groups is 2. The molecule has 72 heavy (non-hydrogen) atoms. The maximum absolute atomic E-state index is 14.7. The Balaban J connectivity index is 0.870. The number of carbonyl (C=O) groups is 1. The largest absolute Gasteiger partial charge is 0.468 e. The minimum Gasteiger partial charge on any atom is -0.468 e. The summed E-state index contributed by atoms with van der Waals surface area (Å²) in [5.74, 6) is -0.338. The van der Waals surface area contributed by atoms with E-state index in [1.54, 1.807) is 12.3 Å². The molecule has 5 N–H and O–H groups in total. The van der Waals surface area contributed by atoms with E-state index in [9.17, 15) is 33.5 Å². The number of carbonyl (C=O) groups excluding carboxylic acids is 1. The Hall–Kier alpha value is -5.79. The van der Waals surface area contributed by atoms with Crippen molar-refractivity contribution in [3.8, 4) is 5.88 Å². The van der Waals surface area contributed by atoms with E-state index in [2.05, 4.69) is 60.9 Å². The predicted molar refractivity (Wildman–Crippen MR) is 275 cm³/mol. The van der Waals surface area contributed by atoms with Gasteiger partial charge in [-0.05, 0) is 156 Å². The van der Waals surface area contributed by atoms with Crippen molar-refractivity contribution in [3.05, 3.63) is 106 Å². The molecular formula is C54H66N8O9S. The van der Waals surface area contributed by atoms with Crippen LogP contribution >= 0.6 is 0 Å².